The third kappa shape index (κ3) is 1.86. The van der Waals surface area contributed by atoms with Crippen LogP contribution in [0.25, 0.3) is 0 Å². The smallest absolute Gasteiger partial charge is 0.161 e. The Bertz CT molecular complexity index is 545. The molecule has 20 heavy (non-hydrogen) atoms. The number of nitrogens with zero attached hydrogens (tertiary/aromatic N) is 1. The summed E-state index contributed by atoms with van der Waals surface area (Å²) in [4.78, 5) is 0. The van der Waals surface area contributed by atoms with Gasteiger partial charge in [-0.05, 0) is 48.8 Å². The number of ether oxygens (including phenoxy) is 2. The van der Waals surface area contributed by atoms with Crippen molar-refractivity contribution in [2.24, 2.45) is 5.41 Å². The summed E-state index contributed by atoms with van der Waals surface area (Å²) in [6.45, 7) is 0. The van der Waals surface area contributed by atoms with Crippen LogP contribution in [0.5, 0.6) is 11.5 Å². The van der Waals surface area contributed by atoms with Crippen LogP contribution in [0.3, 0.4) is 0 Å². The van der Waals surface area contributed by atoms with Gasteiger partial charge in [-0.2, -0.15) is 5.26 Å². The van der Waals surface area contributed by atoms with Gasteiger partial charge in [0.15, 0.2) is 11.5 Å². The molecular formula is C17H21NO2. The summed E-state index contributed by atoms with van der Waals surface area (Å²) < 4.78 is 10.6. The number of methoxy groups -OCH3 is 2. The van der Waals surface area contributed by atoms with Crippen molar-refractivity contribution in [1.29, 1.82) is 5.26 Å². The first-order chi connectivity index (χ1) is 9.67. The van der Waals surface area contributed by atoms with Crippen molar-refractivity contribution in [3.8, 4) is 17.6 Å². The first kappa shape index (κ1) is 13.3. The molecule has 2 fully saturated rings. The molecule has 1 aromatic rings. The van der Waals surface area contributed by atoms with Gasteiger partial charge in [0.1, 0.15) is 0 Å². The van der Waals surface area contributed by atoms with Crippen LogP contribution >= 0.6 is 0 Å². The fraction of sp³-hybridized carbons (Fsp3) is 0.588. The van der Waals surface area contributed by atoms with Crippen molar-refractivity contribution in [2.45, 2.75) is 43.9 Å². The quantitative estimate of drug-likeness (QED) is 0.839. The van der Waals surface area contributed by atoms with Crippen molar-refractivity contribution in [2.75, 3.05) is 14.2 Å². The van der Waals surface area contributed by atoms with Gasteiger partial charge in [-0.1, -0.05) is 18.9 Å². The molecule has 2 aliphatic rings. The fourth-order valence-electron chi connectivity index (χ4n) is 4.19. The third-order valence-corrected chi connectivity index (χ3v) is 5.17. The molecule has 0 radical (unpaired) electrons. The first-order valence-electron chi connectivity index (χ1n) is 7.31. The lowest BCUT2D eigenvalue weighted by Crippen LogP contribution is -2.47. The number of nitriles is 1. The summed E-state index contributed by atoms with van der Waals surface area (Å²) >= 11 is 0. The topological polar surface area (TPSA) is 42.2 Å². The lowest BCUT2D eigenvalue weighted by molar-refractivity contribution is 0.0646. The predicted octanol–water partition coefficient (Wildman–Crippen LogP) is 3.82. The minimum absolute atomic E-state index is 0.316. The molecule has 106 valence electrons. The maximum Gasteiger partial charge on any atom is 0.161 e. The zero-order chi connectivity index (χ0) is 14.2. The molecule has 1 aromatic carbocycles. The van der Waals surface area contributed by atoms with Crippen LogP contribution in [-0.4, -0.2) is 14.2 Å². The molecule has 0 amide bonds. The highest BCUT2D eigenvalue weighted by Gasteiger charge is 2.56. The Morgan fingerprint density at radius 1 is 1.05 bits per heavy atom. The zero-order valence-electron chi connectivity index (χ0n) is 12.2. The molecule has 3 nitrogen and oxygen atoms in total. The summed E-state index contributed by atoms with van der Waals surface area (Å²) in [7, 11) is 3.27. The second kappa shape index (κ2) is 4.70. The molecule has 1 spiro atoms. The van der Waals surface area contributed by atoms with E-state index in [2.05, 4.69) is 6.07 Å². The van der Waals surface area contributed by atoms with Gasteiger partial charge in [0, 0.05) is 0 Å². The van der Waals surface area contributed by atoms with Crippen molar-refractivity contribution in [3.05, 3.63) is 23.8 Å². The molecule has 0 unspecified atom stereocenters. The van der Waals surface area contributed by atoms with Gasteiger partial charge >= 0.3 is 0 Å². The second-order valence-corrected chi connectivity index (χ2v) is 6.32. The van der Waals surface area contributed by atoms with E-state index in [0.717, 1.165) is 24.2 Å². The molecule has 0 heterocycles. The minimum atomic E-state index is -0.316. The van der Waals surface area contributed by atoms with Gasteiger partial charge in [0.2, 0.25) is 0 Å². The summed E-state index contributed by atoms with van der Waals surface area (Å²) in [5, 5.41) is 9.70. The number of benzene rings is 1. The van der Waals surface area contributed by atoms with Gasteiger partial charge in [-0.15, -0.1) is 0 Å². The molecular weight excluding hydrogens is 250 g/mol. The monoisotopic (exact) mass is 271 g/mol. The van der Waals surface area contributed by atoms with Gasteiger partial charge in [0.05, 0.1) is 25.7 Å². The van der Waals surface area contributed by atoms with Gasteiger partial charge in [-0.3, -0.25) is 0 Å². The van der Waals surface area contributed by atoms with Crippen LogP contribution in [0.1, 0.15) is 44.1 Å². The molecule has 0 bridgehead atoms. The van der Waals surface area contributed by atoms with Gasteiger partial charge in [0.25, 0.3) is 0 Å². The standard InChI is InChI=1S/C17H21NO2/c1-19-14-6-5-13(9-15(14)20-2)17(12-18)10-16(11-17)7-3-4-8-16/h5-6,9H,3-4,7-8,10-11H2,1-2H3. The molecule has 0 aliphatic heterocycles. The van der Waals surface area contributed by atoms with E-state index >= 15 is 0 Å². The Morgan fingerprint density at radius 3 is 2.25 bits per heavy atom. The highest BCUT2D eigenvalue weighted by molar-refractivity contribution is 5.48. The molecule has 2 aliphatic carbocycles. The summed E-state index contributed by atoms with van der Waals surface area (Å²) in [6, 6.07) is 8.48. The fourth-order valence-corrected chi connectivity index (χ4v) is 4.19. The van der Waals surface area contributed by atoms with E-state index in [-0.39, 0.29) is 5.41 Å². The van der Waals surface area contributed by atoms with E-state index in [9.17, 15) is 5.26 Å². The van der Waals surface area contributed by atoms with Gasteiger partial charge < -0.3 is 9.47 Å². The van der Waals surface area contributed by atoms with E-state index in [4.69, 9.17) is 9.47 Å². The van der Waals surface area contributed by atoms with E-state index in [1.54, 1.807) is 14.2 Å². The van der Waals surface area contributed by atoms with Crippen molar-refractivity contribution in [1.82, 2.24) is 0 Å². The van der Waals surface area contributed by atoms with Crippen LogP contribution in [0, 0.1) is 16.7 Å². The van der Waals surface area contributed by atoms with Gasteiger partial charge in [-0.25, -0.2) is 0 Å². The maximum atomic E-state index is 9.70. The molecule has 0 atom stereocenters. The largest absolute Gasteiger partial charge is 0.493 e. The number of hydrogen-bond donors (Lipinski definition) is 0. The average Bonchev–Trinajstić information content (AvgIpc) is 2.93. The molecule has 0 N–H and O–H groups in total. The summed E-state index contributed by atoms with van der Waals surface area (Å²) in [6.07, 6.45) is 7.26. The third-order valence-electron chi connectivity index (χ3n) is 5.17. The van der Waals surface area contributed by atoms with Crippen LogP contribution < -0.4 is 9.47 Å². The van der Waals surface area contributed by atoms with E-state index in [1.807, 2.05) is 18.2 Å². The number of hydrogen-bond acceptors (Lipinski definition) is 3. The SMILES string of the molecule is COc1ccc(C2(C#N)CC3(CCCC3)C2)cc1OC. The van der Waals surface area contributed by atoms with Crippen LogP contribution in [0.2, 0.25) is 0 Å². The Balaban J connectivity index is 1.90. The Hall–Kier alpha value is -1.69. The van der Waals surface area contributed by atoms with Crippen molar-refractivity contribution in [3.63, 3.8) is 0 Å². The molecule has 0 saturated heterocycles. The van der Waals surface area contributed by atoms with E-state index in [1.165, 1.54) is 25.7 Å². The molecule has 3 heteroatoms. The first-order valence-corrected chi connectivity index (χ1v) is 7.31. The van der Waals surface area contributed by atoms with Crippen molar-refractivity contribution >= 4 is 0 Å². The Morgan fingerprint density at radius 2 is 1.70 bits per heavy atom. The van der Waals surface area contributed by atoms with Crippen LogP contribution in [0.15, 0.2) is 18.2 Å². The molecule has 0 aromatic heterocycles. The summed E-state index contributed by atoms with van der Waals surface area (Å²) in [5.74, 6) is 1.44. The number of rotatable bonds is 3. The molecule has 2 saturated carbocycles. The van der Waals surface area contributed by atoms with Crippen LogP contribution in [0.4, 0.5) is 0 Å². The Labute approximate surface area is 120 Å². The van der Waals surface area contributed by atoms with Crippen LogP contribution in [-0.2, 0) is 5.41 Å². The average molecular weight is 271 g/mol. The normalized spacial score (nSPS) is 22.1. The highest BCUT2D eigenvalue weighted by atomic mass is 16.5. The minimum Gasteiger partial charge on any atom is -0.493 e. The maximum absolute atomic E-state index is 9.70. The molecule has 3 rings (SSSR count). The highest BCUT2D eigenvalue weighted by Crippen LogP contribution is 2.63. The lowest BCUT2D eigenvalue weighted by Gasteiger charge is -2.51. The van der Waals surface area contributed by atoms with Crippen molar-refractivity contribution < 1.29 is 9.47 Å². The zero-order valence-corrected chi connectivity index (χ0v) is 12.2. The van der Waals surface area contributed by atoms with E-state index < -0.39 is 0 Å². The summed E-state index contributed by atoms with van der Waals surface area (Å²) in [5.41, 5.74) is 1.21. The lowest BCUT2D eigenvalue weighted by atomic mass is 9.50. The van der Waals surface area contributed by atoms with E-state index in [0.29, 0.717) is 11.2 Å². The predicted molar refractivity (Wildman–Crippen MR) is 77.0 cm³/mol. The Kier molecular flexibility index (Phi) is 3.12. The second-order valence-electron chi connectivity index (χ2n) is 6.32.